The maximum atomic E-state index is 12.1. The molecule has 176 valence electrons. The molecule has 4 heterocycles. The lowest BCUT2D eigenvalue weighted by Crippen LogP contribution is -2.39. The van der Waals surface area contributed by atoms with Gasteiger partial charge in [0.05, 0.1) is 23.9 Å². The number of aromatic nitrogens is 2. The van der Waals surface area contributed by atoms with Gasteiger partial charge >= 0.3 is 0 Å². The fourth-order valence-corrected chi connectivity index (χ4v) is 5.91. The number of benzene rings is 1. The van der Waals surface area contributed by atoms with Crippen molar-refractivity contribution in [2.75, 3.05) is 39.2 Å². The van der Waals surface area contributed by atoms with Crippen LogP contribution in [0.4, 0.5) is 0 Å². The molecule has 0 atom stereocenters. The smallest absolute Gasteiger partial charge is 0.262 e. The van der Waals surface area contributed by atoms with Crippen LogP contribution in [0.25, 0.3) is 16.0 Å². The van der Waals surface area contributed by atoms with Gasteiger partial charge in [0.25, 0.3) is 5.91 Å². The number of carbonyl (C=O) groups is 1. The summed E-state index contributed by atoms with van der Waals surface area (Å²) in [6.45, 7) is 2.32. The van der Waals surface area contributed by atoms with Gasteiger partial charge in [-0.3, -0.25) is 9.36 Å². The summed E-state index contributed by atoms with van der Waals surface area (Å²) in [6, 6.07) is 5.49. The molecule has 2 aliphatic heterocycles. The van der Waals surface area contributed by atoms with E-state index >= 15 is 0 Å². The molecule has 0 aliphatic carbocycles. The number of nitrogens with two attached hydrogens (primary N) is 1. The first-order chi connectivity index (χ1) is 15.8. The van der Waals surface area contributed by atoms with Crippen LogP contribution in [0.1, 0.15) is 22.5 Å². The van der Waals surface area contributed by atoms with Crippen LogP contribution >= 0.6 is 11.3 Å². The Labute approximate surface area is 194 Å². The third-order valence-corrected chi connectivity index (χ3v) is 8.31. The summed E-state index contributed by atoms with van der Waals surface area (Å²) in [7, 11) is -3.17. The highest BCUT2D eigenvalue weighted by Crippen LogP contribution is 2.38. The minimum Gasteiger partial charge on any atom is -0.491 e. The zero-order valence-corrected chi connectivity index (χ0v) is 19.7. The van der Waals surface area contributed by atoms with E-state index in [4.69, 9.17) is 19.9 Å². The van der Waals surface area contributed by atoms with Crippen LogP contribution in [0.3, 0.4) is 0 Å². The van der Waals surface area contributed by atoms with Gasteiger partial charge < -0.3 is 19.9 Å². The maximum Gasteiger partial charge on any atom is 0.262 e. The molecule has 12 heteroatoms. The van der Waals surface area contributed by atoms with Crippen LogP contribution in [0, 0.1) is 5.92 Å². The molecule has 0 saturated carbocycles. The predicted molar refractivity (Wildman–Crippen MR) is 123 cm³/mol. The zero-order valence-electron chi connectivity index (χ0n) is 18.0. The lowest BCUT2D eigenvalue weighted by molar-refractivity contribution is 0.0998. The zero-order chi connectivity index (χ0) is 23.2. The summed E-state index contributed by atoms with van der Waals surface area (Å²) in [6.07, 6.45) is 4.31. The van der Waals surface area contributed by atoms with Gasteiger partial charge in [0.2, 0.25) is 10.0 Å². The van der Waals surface area contributed by atoms with Crippen molar-refractivity contribution in [2.45, 2.75) is 12.8 Å². The average Bonchev–Trinajstić information content (AvgIpc) is 3.39. The Kier molecular flexibility index (Phi) is 5.67. The van der Waals surface area contributed by atoms with Gasteiger partial charge in [0.1, 0.15) is 35.2 Å². The van der Waals surface area contributed by atoms with Crippen LogP contribution in [0.15, 0.2) is 24.5 Å². The number of fused-ring (bicyclic) bond motifs is 2. The minimum absolute atomic E-state index is 0.199. The van der Waals surface area contributed by atoms with Gasteiger partial charge in [0.15, 0.2) is 11.5 Å². The Bertz CT molecular complexity index is 1310. The number of thiophene rings is 1. The number of hydrogen-bond acceptors (Lipinski definition) is 8. The molecule has 1 aromatic carbocycles. The Hall–Kier alpha value is -2.83. The largest absolute Gasteiger partial charge is 0.491 e. The Morgan fingerprint density at radius 3 is 2.58 bits per heavy atom. The molecule has 0 bridgehead atoms. The SMILES string of the molecule is CS(=O)(=O)N1CCC(COc2cc(-n3cnc4cc5c(cc43)OCCO5)sc2C(N)=O)CC1. The molecule has 2 aromatic heterocycles. The number of piperidine rings is 1. The topological polar surface area (TPSA) is 126 Å². The van der Waals surface area contributed by atoms with E-state index in [2.05, 4.69) is 4.98 Å². The van der Waals surface area contributed by atoms with Gasteiger partial charge in [-0.05, 0) is 18.8 Å². The van der Waals surface area contributed by atoms with E-state index < -0.39 is 15.9 Å². The van der Waals surface area contributed by atoms with E-state index in [1.807, 2.05) is 16.7 Å². The van der Waals surface area contributed by atoms with Crippen molar-refractivity contribution in [1.82, 2.24) is 13.9 Å². The number of primary amides is 1. The molecule has 0 radical (unpaired) electrons. The van der Waals surface area contributed by atoms with Crippen LogP contribution in [0.2, 0.25) is 0 Å². The second-order valence-corrected chi connectivity index (χ2v) is 11.2. The van der Waals surface area contributed by atoms with E-state index in [0.29, 0.717) is 67.9 Å². The molecule has 33 heavy (non-hydrogen) atoms. The summed E-state index contributed by atoms with van der Waals surface area (Å²) in [5.74, 6) is 1.37. The lowest BCUT2D eigenvalue weighted by atomic mass is 9.99. The first-order valence-electron chi connectivity index (χ1n) is 10.6. The van der Waals surface area contributed by atoms with Crippen molar-refractivity contribution in [1.29, 1.82) is 0 Å². The monoisotopic (exact) mass is 492 g/mol. The molecule has 1 fully saturated rings. The third kappa shape index (κ3) is 4.37. The van der Waals surface area contributed by atoms with Crippen LogP contribution in [-0.4, -0.2) is 67.3 Å². The van der Waals surface area contributed by atoms with Crippen molar-refractivity contribution >= 4 is 38.3 Å². The van der Waals surface area contributed by atoms with E-state index in [-0.39, 0.29) is 5.92 Å². The van der Waals surface area contributed by atoms with Crippen molar-refractivity contribution < 1.29 is 27.4 Å². The molecular formula is C21H24N4O6S2. The first-order valence-corrected chi connectivity index (χ1v) is 13.2. The third-order valence-electron chi connectivity index (χ3n) is 5.87. The predicted octanol–water partition coefficient (Wildman–Crippen LogP) is 2.01. The fraction of sp³-hybridized carbons (Fsp3) is 0.429. The second kappa shape index (κ2) is 8.50. The van der Waals surface area contributed by atoms with E-state index in [1.54, 1.807) is 12.4 Å². The molecule has 5 rings (SSSR count). The highest BCUT2D eigenvalue weighted by atomic mass is 32.2. The number of rotatable bonds is 6. The summed E-state index contributed by atoms with van der Waals surface area (Å²) in [5, 5.41) is 0.741. The quantitative estimate of drug-likeness (QED) is 0.558. The van der Waals surface area contributed by atoms with Crippen molar-refractivity contribution in [3.63, 3.8) is 0 Å². The summed E-state index contributed by atoms with van der Waals surface area (Å²) in [5.41, 5.74) is 7.18. The molecule has 10 nitrogen and oxygen atoms in total. The lowest BCUT2D eigenvalue weighted by Gasteiger charge is -2.29. The number of imidazole rings is 1. The van der Waals surface area contributed by atoms with Crippen molar-refractivity contribution in [3.8, 4) is 22.2 Å². The number of carbonyl (C=O) groups excluding carboxylic acids is 1. The number of amides is 1. The highest BCUT2D eigenvalue weighted by Gasteiger charge is 2.26. The van der Waals surface area contributed by atoms with Crippen molar-refractivity contribution in [2.24, 2.45) is 11.7 Å². The van der Waals surface area contributed by atoms with Crippen LogP contribution < -0.4 is 19.9 Å². The fourth-order valence-electron chi connectivity index (χ4n) is 4.10. The molecule has 1 saturated heterocycles. The molecule has 1 amide bonds. The number of hydrogen-bond donors (Lipinski definition) is 1. The highest BCUT2D eigenvalue weighted by molar-refractivity contribution is 7.88. The molecule has 3 aromatic rings. The summed E-state index contributed by atoms with van der Waals surface area (Å²) < 4.78 is 44.1. The van der Waals surface area contributed by atoms with Crippen LogP contribution in [-0.2, 0) is 10.0 Å². The average molecular weight is 493 g/mol. The van der Waals surface area contributed by atoms with Gasteiger partial charge in [0, 0.05) is 31.3 Å². The molecule has 0 unspecified atom stereocenters. The molecule has 0 spiro atoms. The molecule has 2 aliphatic rings. The van der Waals surface area contributed by atoms with E-state index in [1.165, 1.54) is 21.9 Å². The first kappa shape index (κ1) is 22.0. The number of sulfonamides is 1. The Morgan fingerprint density at radius 1 is 1.21 bits per heavy atom. The number of ether oxygens (including phenoxy) is 3. The maximum absolute atomic E-state index is 12.1. The van der Waals surface area contributed by atoms with Crippen LogP contribution in [0.5, 0.6) is 17.2 Å². The number of nitrogens with zero attached hydrogens (tertiary/aromatic N) is 3. The molecule has 2 N–H and O–H groups in total. The minimum atomic E-state index is -3.17. The van der Waals surface area contributed by atoms with E-state index in [0.717, 1.165) is 16.0 Å². The standard InChI is InChI=1S/C21H24N4O6S2/c1-33(27,28)24-4-2-13(3-5-24)11-31-18-10-19(32-20(18)21(22)26)25-12-23-14-8-16-17(9-15(14)25)30-7-6-29-16/h8-10,12-13H,2-7,11H2,1H3,(H2,22,26). The Balaban J connectivity index is 1.36. The van der Waals surface area contributed by atoms with Gasteiger partial charge in [-0.25, -0.2) is 17.7 Å². The Morgan fingerprint density at radius 2 is 1.91 bits per heavy atom. The summed E-state index contributed by atoms with van der Waals surface area (Å²) >= 11 is 1.23. The van der Waals surface area contributed by atoms with Gasteiger partial charge in [-0.15, -0.1) is 11.3 Å². The molecular weight excluding hydrogens is 468 g/mol. The van der Waals surface area contributed by atoms with Gasteiger partial charge in [-0.2, -0.15) is 0 Å². The van der Waals surface area contributed by atoms with Crippen molar-refractivity contribution in [3.05, 3.63) is 29.4 Å². The summed E-state index contributed by atoms with van der Waals surface area (Å²) in [4.78, 5) is 16.9. The van der Waals surface area contributed by atoms with Gasteiger partial charge in [-0.1, -0.05) is 0 Å². The normalized spacial score (nSPS) is 17.4. The van der Waals surface area contributed by atoms with E-state index in [9.17, 15) is 13.2 Å². The second-order valence-electron chi connectivity index (χ2n) is 8.16.